The number of allylic oxidation sites excluding steroid dienone is 1. The Morgan fingerprint density at radius 1 is 1.05 bits per heavy atom. The minimum Gasteiger partial charge on any atom is -0.436 e. The molecule has 1 fully saturated rings. The van der Waals surface area contributed by atoms with E-state index in [4.69, 9.17) is 4.42 Å². The molecule has 1 atom stereocenters. The highest BCUT2D eigenvalue weighted by molar-refractivity contribution is 7.12. The summed E-state index contributed by atoms with van der Waals surface area (Å²) in [4.78, 5) is 48.1. The predicted octanol–water partition coefficient (Wildman–Crippen LogP) is 6.22. The molecule has 8 heteroatoms. The standard InChI is InChI=1S/C30H27N3O4S/c34-27-19-24(32(30(36)26-11-6-18-38-26)17-16-20-7-2-1-3-8-20)29(35)33(27)22-14-12-21(13-15-22)28-31-23-9-4-5-10-25(23)37-28/h4-7,9-15,18,24H,1-3,8,16-17,19H2. The average molecular weight is 526 g/mol. The fourth-order valence-corrected chi connectivity index (χ4v) is 5.89. The van der Waals surface area contributed by atoms with Crippen LogP contribution in [-0.4, -0.2) is 40.2 Å². The summed E-state index contributed by atoms with van der Waals surface area (Å²) in [6.45, 7) is 0.413. The number of carbonyl (C=O) groups is 3. The van der Waals surface area contributed by atoms with E-state index >= 15 is 0 Å². The monoisotopic (exact) mass is 525 g/mol. The summed E-state index contributed by atoms with van der Waals surface area (Å²) in [6, 6.07) is 17.3. The van der Waals surface area contributed by atoms with Crippen LogP contribution in [-0.2, 0) is 9.59 Å². The van der Waals surface area contributed by atoms with Crippen molar-refractivity contribution in [3.63, 3.8) is 0 Å². The second kappa shape index (κ2) is 10.4. The maximum Gasteiger partial charge on any atom is 0.264 e. The molecule has 1 saturated heterocycles. The molecule has 0 radical (unpaired) electrons. The van der Waals surface area contributed by atoms with Crippen molar-refractivity contribution >= 4 is 45.8 Å². The van der Waals surface area contributed by atoms with Crippen molar-refractivity contribution in [1.29, 1.82) is 0 Å². The quantitative estimate of drug-likeness (QED) is 0.211. The second-order valence-electron chi connectivity index (χ2n) is 9.65. The Bertz CT molecular complexity index is 1490. The molecule has 2 aliphatic rings. The number of para-hydroxylation sites is 2. The van der Waals surface area contributed by atoms with Gasteiger partial charge in [0.15, 0.2) is 5.58 Å². The van der Waals surface area contributed by atoms with Crippen LogP contribution in [0.2, 0.25) is 0 Å². The number of anilines is 1. The van der Waals surface area contributed by atoms with E-state index in [0.29, 0.717) is 35.0 Å². The Kier molecular flexibility index (Phi) is 6.64. The predicted molar refractivity (Wildman–Crippen MR) is 147 cm³/mol. The smallest absolute Gasteiger partial charge is 0.264 e. The highest BCUT2D eigenvalue weighted by Gasteiger charge is 2.44. The van der Waals surface area contributed by atoms with Gasteiger partial charge < -0.3 is 9.32 Å². The Morgan fingerprint density at radius 3 is 2.63 bits per heavy atom. The number of carbonyl (C=O) groups excluding carboxylic acids is 3. The molecule has 0 spiro atoms. The van der Waals surface area contributed by atoms with Crippen molar-refractivity contribution in [3.05, 3.63) is 82.6 Å². The first-order valence-corrected chi connectivity index (χ1v) is 13.8. The molecule has 0 N–H and O–H groups in total. The summed E-state index contributed by atoms with van der Waals surface area (Å²) in [7, 11) is 0. The van der Waals surface area contributed by atoms with Crippen molar-refractivity contribution in [2.24, 2.45) is 0 Å². The molecular weight excluding hydrogens is 498 g/mol. The summed E-state index contributed by atoms with van der Waals surface area (Å²) in [5.41, 5.74) is 4.00. The number of thiophene rings is 1. The normalized spacial score (nSPS) is 17.7. The minimum absolute atomic E-state index is 0.0259. The largest absolute Gasteiger partial charge is 0.436 e. The van der Waals surface area contributed by atoms with Gasteiger partial charge in [-0.1, -0.05) is 29.8 Å². The lowest BCUT2D eigenvalue weighted by molar-refractivity contribution is -0.122. The lowest BCUT2D eigenvalue weighted by Gasteiger charge is -2.28. The third kappa shape index (κ3) is 4.67. The van der Waals surface area contributed by atoms with Crippen LogP contribution in [0.25, 0.3) is 22.6 Å². The van der Waals surface area contributed by atoms with Gasteiger partial charge in [0.05, 0.1) is 17.0 Å². The number of fused-ring (bicyclic) bond motifs is 1. The van der Waals surface area contributed by atoms with Crippen LogP contribution in [0.4, 0.5) is 5.69 Å². The number of hydrogen-bond acceptors (Lipinski definition) is 6. The summed E-state index contributed by atoms with van der Waals surface area (Å²) in [6.07, 6.45) is 7.37. The van der Waals surface area contributed by atoms with Gasteiger partial charge in [-0.25, -0.2) is 9.88 Å². The van der Waals surface area contributed by atoms with Crippen molar-refractivity contribution < 1.29 is 18.8 Å². The Hall–Kier alpha value is -4.04. The van der Waals surface area contributed by atoms with Crippen molar-refractivity contribution in [2.45, 2.75) is 44.6 Å². The van der Waals surface area contributed by atoms with Crippen LogP contribution in [0, 0.1) is 0 Å². The number of rotatable bonds is 7. The van der Waals surface area contributed by atoms with E-state index in [-0.39, 0.29) is 24.1 Å². The van der Waals surface area contributed by atoms with Crippen LogP contribution in [0.15, 0.2) is 82.1 Å². The maximum atomic E-state index is 13.6. The lowest BCUT2D eigenvalue weighted by atomic mass is 9.97. The van der Waals surface area contributed by atoms with Gasteiger partial charge in [-0.15, -0.1) is 11.3 Å². The number of benzene rings is 2. The molecule has 1 aliphatic carbocycles. The van der Waals surface area contributed by atoms with E-state index < -0.39 is 6.04 Å². The zero-order valence-electron chi connectivity index (χ0n) is 20.8. The third-order valence-electron chi connectivity index (χ3n) is 7.22. The molecular formula is C30H27N3O4S. The van der Waals surface area contributed by atoms with Crippen molar-refractivity contribution in [1.82, 2.24) is 9.88 Å². The third-order valence-corrected chi connectivity index (χ3v) is 8.07. The van der Waals surface area contributed by atoms with Gasteiger partial charge >= 0.3 is 0 Å². The highest BCUT2D eigenvalue weighted by Crippen LogP contribution is 2.31. The molecule has 2 aromatic heterocycles. The van der Waals surface area contributed by atoms with E-state index in [0.717, 1.165) is 30.3 Å². The minimum atomic E-state index is -0.821. The number of imide groups is 1. The van der Waals surface area contributed by atoms with Crippen LogP contribution in [0.1, 0.15) is 48.2 Å². The highest BCUT2D eigenvalue weighted by atomic mass is 32.1. The first-order chi connectivity index (χ1) is 18.6. The number of amides is 3. The molecule has 1 aliphatic heterocycles. The average Bonchev–Trinajstić information content (AvgIpc) is 3.69. The van der Waals surface area contributed by atoms with E-state index in [9.17, 15) is 14.4 Å². The van der Waals surface area contributed by atoms with Gasteiger partial charge in [0.1, 0.15) is 11.6 Å². The molecule has 3 heterocycles. The first-order valence-electron chi connectivity index (χ1n) is 12.9. The Morgan fingerprint density at radius 2 is 1.89 bits per heavy atom. The lowest BCUT2D eigenvalue weighted by Crippen LogP contribution is -2.46. The molecule has 7 nitrogen and oxygen atoms in total. The van der Waals surface area contributed by atoms with E-state index in [1.165, 1.54) is 28.2 Å². The zero-order valence-corrected chi connectivity index (χ0v) is 21.7. The van der Waals surface area contributed by atoms with Crippen LogP contribution in [0.5, 0.6) is 0 Å². The number of oxazole rings is 1. The van der Waals surface area contributed by atoms with E-state index in [1.54, 1.807) is 35.2 Å². The topological polar surface area (TPSA) is 83.7 Å². The van der Waals surface area contributed by atoms with Gasteiger partial charge in [-0.05, 0) is 79.9 Å². The number of nitrogens with zero attached hydrogens (tertiary/aromatic N) is 3. The number of aromatic nitrogens is 1. The molecule has 4 aromatic rings. The Labute approximate surface area is 224 Å². The summed E-state index contributed by atoms with van der Waals surface area (Å²) in [5.74, 6) is -0.405. The van der Waals surface area contributed by atoms with Gasteiger partial charge in [-0.2, -0.15) is 0 Å². The molecule has 192 valence electrons. The molecule has 3 amide bonds. The molecule has 1 unspecified atom stereocenters. The van der Waals surface area contributed by atoms with Crippen LogP contribution < -0.4 is 4.90 Å². The number of hydrogen-bond donors (Lipinski definition) is 0. The second-order valence-corrected chi connectivity index (χ2v) is 10.6. The molecule has 38 heavy (non-hydrogen) atoms. The zero-order chi connectivity index (χ0) is 26.1. The van der Waals surface area contributed by atoms with Crippen molar-refractivity contribution in [3.8, 4) is 11.5 Å². The van der Waals surface area contributed by atoms with Gasteiger partial charge in [0.25, 0.3) is 11.8 Å². The first kappa shape index (κ1) is 24.3. The molecule has 0 bridgehead atoms. The molecule has 2 aromatic carbocycles. The summed E-state index contributed by atoms with van der Waals surface area (Å²) < 4.78 is 5.84. The summed E-state index contributed by atoms with van der Waals surface area (Å²) in [5, 5.41) is 1.85. The van der Waals surface area contributed by atoms with E-state index in [2.05, 4.69) is 11.1 Å². The van der Waals surface area contributed by atoms with Gasteiger partial charge in [0.2, 0.25) is 11.8 Å². The molecule has 6 rings (SSSR count). The molecule has 0 saturated carbocycles. The fourth-order valence-electron chi connectivity index (χ4n) is 5.22. The van der Waals surface area contributed by atoms with Gasteiger partial charge in [0, 0.05) is 12.1 Å². The van der Waals surface area contributed by atoms with Crippen molar-refractivity contribution in [2.75, 3.05) is 11.4 Å². The Balaban J connectivity index is 1.24. The van der Waals surface area contributed by atoms with E-state index in [1.807, 2.05) is 35.7 Å². The van der Waals surface area contributed by atoms with Crippen LogP contribution in [0.3, 0.4) is 0 Å². The maximum absolute atomic E-state index is 13.6. The summed E-state index contributed by atoms with van der Waals surface area (Å²) >= 11 is 1.35. The SMILES string of the molecule is O=C1CC(N(CCC2=CCCCC2)C(=O)c2cccs2)C(=O)N1c1ccc(-c2nc3ccccc3o2)cc1. The van der Waals surface area contributed by atoms with Crippen LogP contribution >= 0.6 is 11.3 Å². The fraction of sp³-hybridized carbons (Fsp3) is 0.267. The van der Waals surface area contributed by atoms with Gasteiger partial charge in [-0.3, -0.25) is 14.4 Å².